The zero-order chi connectivity index (χ0) is 28.2. The summed E-state index contributed by atoms with van der Waals surface area (Å²) in [5.74, 6) is -1.46. The van der Waals surface area contributed by atoms with Gasteiger partial charge < -0.3 is 10.6 Å². The molecule has 0 aromatic heterocycles. The number of nitrogens with zero attached hydrogens (tertiary/aromatic N) is 2. The Morgan fingerprint density at radius 1 is 0.590 bits per heavy atom. The molecule has 4 rings (SSSR count). The number of hydrogen-bond donors (Lipinski definition) is 2. The largest absolute Gasteiger partial charge is 0.321 e. The maximum Gasteiger partial charge on any atom is 0.271 e. The number of amides is 2. The minimum absolute atomic E-state index is 0.165. The maximum atomic E-state index is 13.8. The summed E-state index contributed by atoms with van der Waals surface area (Å²) in [6, 6.07) is 21.1. The lowest BCUT2D eigenvalue weighted by Gasteiger charge is -2.15. The van der Waals surface area contributed by atoms with Crippen LogP contribution in [0.1, 0.15) is 20.7 Å². The van der Waals surface area contributed by atoms with Gasteiger partial charge >= 0.3 is 0 Å². The SMILES string of the molecule is O=C(Nc1cc([N+](=O)[O-])ccc1S(=O)(=O)c1ccc([N+](=O)[O-])cc1NC(=O)c1ccccc1)c1ccccc1. The number of rotatable bonds is 8. The van der Waals surface area contributed by atoms with E-state index in [0.29, 0.717) is 0 Å². The van der Waals surface area contributed by atoms with Crippen LogP contribution in [0.25, 0.3) is 0 Å². The Morgan fingerprint density at radius 2 is 0.949 bits per heavy atom. The first-order valence-corrected chi connectivity index (χ1v) is 12.6. The van der Waals surface area contributed by atoms with Gasteiger partial charge in [0.05, 0.1) is 31.0 Å². The quantitative estimate of drug-likeness (QED) is 0.233. The molecule has 0 radical (unpaired) electrons. The van der Waals surface area contributed by atoms with Crippen molar-refractivity contribution in [1.82, 2.24) is 0 Å². The standard InChI is InChI=1S/C26H18N4O8S/c31-25(17-7-3-1-4-8-17)27-21-15-19(29(33)34)11-13-23(21)39(37,38)24-14-12-20(30(35)36)16-22(24)28-26(32)18-9-5-2-6-10-18/h1-16H,(H,27,31)(H,28,32). The van der Waals surface area contributed by atoms with Crippen LogP contribution in [0.3, 0.4) is 0 Å². The van der Waals surface area contributed by atoms with Gasteiger partial charge in [-0.05, 0) is 36.4 Å². The van der Waals surface area contributed by atoms with Crippen molar-refractivity contribution >= 4 is 44.4 Å². The van der Waals surface area contributed by atoms with Crippen LogP contribution >= 0.6 is 0 Å². The number of nitrogens with one attached hydrogen (secondary N) is 2. The molecule has 39 heavy (non-hydrogen) atoms. The van der Waals surface area contributed by atoms with Gasteiger partial charge in [0, 0.05) is 35.4 Å². The molecule has 4 aromatic carbocycles. The van der Waals surface area contributed by atoms with E-state index in [0.717, 1.165) is 36.4 Å². The second-order valence-corrected chi connectivity index (χ2v) is 9.91. The van der Waals surface area contributed by atoms with Gasteiger partial charge in [0.25, 0.3) is 23.2 Å². The van der Waals surface area contributed by atoms with Gasteiger partial charge in [-0.2, -0.15) is 0 Å². The Kier molecular flexibility index (Phi) is 7.44. The van der Waals surface area contributed by atoms with E-state index in [1.165, 1.54) is 24.3 Å². The molecule has 0 aliphatic rings. The Bertz CT molecular complexity index is 1590. The summed E-state index contributed by atoms with van der Waals surface area (Å²) in [6.45, 7) is 0. The molecule has 196 valence electrons. The van der Waals surface area contributed by atoms with Crippen LogP contribution in [0.5, 0.6) is 0 Å². The van der Waals surface area contributed by atoms with E-state index in [2.05, 4.69) is 10.6 Å². The molecule has 0 saturated carbocycles. The van der Waals surface area contributed by atoms with Gasteiger partial charge in [0.15, 0.2) is 0 Å². The summed E-state index contributed by atoms with van der Waals surface area (Å²) < 4.78 is 27.7. The lowest BCUT2D eigenvalue weighted by molar-refractivity contribution is -0.385. The highest BCUT2D eigenvalue weighted by Gasteiger charge is 2.29. The number of sulfone groups is 1. The first kappa shape index (κ1) is 26.6. The Balaban J connectivity index is 1.83. The van der Waals surface area contributed by atoms with Crippen molar-refractivity contribution in [2.24, 2.45) is 0 Å². The fourth-order valence-electron chi connectivity index (χ4n) is 3.61. The number of anilines is 2. The molecule has 0 atom stereocenters. The van der Waals surface area contributed by atoms with E-state index in [9.17, 15) is 38.2 Å². The monoisotopic (exact) mass is 546 g/mol. The Hall–Kier alpha value is -5.43. The summed E-state index contributed by atoms with van der Waals surface area (Å²) in [6.07, 6.45) is 0. The first-order chi connectivity index (χ1) is 18.6. The maximum absolute atomic E-state index is 13.8. The second-order valence-electron chi connectivity index (χ2n) is 8.02. The molecule has 0 bridgehead atoms. The zero-order valence-corrected chi connectivity index (χ0v) is 20.6. The molecule has 2 N–H and O–H groups in total. The highest BCUT2D eigenvalue weighted by Crippen LogP contribution is 2.36. The van der Waals surface area contributed by atoms with Crippen molar-refractivity contribution in [3.63, 3.8) is 0 Å². The van der Waals surface area contributed by atoms with Crippen LogP contribution in [0, 0.1) is 20.2 Å². The zero-order valence-electron chi connectivity index (χ0n) is 19.8. The molecule has 4 aromatic rings. The summed E-state index contributed by atoms with van der Waals surface area (Å²) in [7, 11) is -4.62. The minimum atomic E-state index is -4.62. The third kappa shape index (κ3) is 5.78. The number of non-ortho nitro benzene ring substituents is 2. The molecular formula is C26H18N4O8S. The van der Waals surface area contributed by atoms with Gasteiger partial charge in [-0.1, -0.05) is 36.4 Å². The van der Waals surface area contributed by atoms with Crippen molar-refractivity contribution in [1.29, 1.82) is 0 Å². The normalized spacial score (nSPS) is 10.9. The summed E-state index contributed by atoms with van der Waals surface area (Å²) in [5.41, 5.74) is -1.43. The number of carbonyl (C=O) groups excluding carboxylic acids is 2. The number of carbonyl (C=O) groups is 2. The molecule has 2 amide bonds. The van der Waals surface area contributed by atoms with Gasteiger partial charge in [0.2, 0.25) is 9.84 Å². The molecule has 13 heteroatoms. The number of benzene rings is 4. The van der Waals surface area contributed by atoms with E-state index < -0.39 is 64.0 Å². The molecule has 12 nitrogen and oxygen atoms in total. The average molecular weight is 547 g/mol. The van der Waals surface area contributed by atoms with Gasteiger partial charge in [-0.25, -0.2) is 8.42 Å². The van der Waals surface area contributed by atoms with Crippen LogP contribution in [0.2, 0.25) is 0 Å². The van der Waals surface area contributed by atoms with Crippen LogP contribution in [0.15, 0.2) is 107 Å². The number of hydrogen-bond acceptors (Lipinski definition) is 8. The van der Waals surface area contributed by atoms with E-state index in [4.69, 9.17) is 0 Å². The predicted molar refractivity (Wildman–Crippen MR) is 140 cm³/mol. The smallest absolute Gasteiger partial charge is 0.271 e. The molecule has 0 spiro atoms. The fraction of sp³-hybridized carbons (Fsp3) is 0. The second kappa shape index (κ2) is 10.9. The van der Waals surface area contributed by atoms with E-state index in [-0.39, 0.29) is 11.1 Å². The third-order valence-electron chi connectivity index (χ3n) is 5.50. The molecule has 0 aliphatic heterocycles. The van der Waals surface area contributed by atoms with Crippen LogP contribution in [-0.2, 0) is 9.84 Å². The molecule has 0 saturated heterocycles. The van der Waals surface area contributed by atoms with E-state index in [1.807, 2.05) is 0 Å². The molecular weight excluding hydrogens is 528 g/mol. The molecule has 0 heterocycles. The van der Waals surface area contributed by atoms with E-state index in [1.54, 1.807) is 36.4 Å². The number of nitro benzene ring substituents is 2. The van der Waals surface area contributed by atoms with Crippen molar-refractivity contribution in [2.75, 3.05) is 10.6 Å². The summed E-state index contributed by atoms with van der Waals surface area (Å²) in [5, 5.41) is 27.6. The van der Waals surface area contributed by atoms with Crippen molar-refractivity contribution in [3.8, 4) is 0 Å². The lowest BCUT2D eigenvalue weighted by atomic mass is 10.2. The van der Waals surface area contributed by atoms with Crippen LogP contribution in [-0.4, -0.2) is 30.1 Å². The van der Waals surface area contributed by atoms with Crippen LogP contribution < -0.4 is 10.6 Å². The van der Waals surface area contributed by atoms with Gasteiger partial charge in [0.1, 0.15) is 0 Å². The molecule has 0 unspecified atom stereocenters. The summed E-state index contributed by atoms with van der Waals surface area (Å²) >= 11 is 0. The predicted octanol–water partition coefficient (Wildman–Crippen LogP) is 4.84. The molecule has 0 aliphatic carbocycles. The van der Waals surface area contributed by atoms with Crippen LogP contribution in [0.4, 0.5) is 22.7 Å². The van der Waals surface area contributed by atoms with E-state index >= 15 is 0 Å². The molecule has 0 fully saturated rings. The fourth-order valence-corrected chi connectivity index (χ4v) is 5.14. The topological polar surface area (TPSA) is 179 Å². The lowest BCUT2D eigenvalue weighted by Crippen LogP contribution is -2.17. The highest BCUT2D eigenvalue weighted by molar-refractivity contribution is 7.91. The minimum Gasteiger partial charge on any atom is -0.321 e. The highest BCUT2D eigenvalue weighted by atomic mass is 32.2. The number of nitro groups is 2. The van der Waals surface area contributed by atoms with Gasteiger partial charge in [-0.15, -0.1) is 0 Å². The average Bonchev–Trinajstić information content (AvgIpc) is 2.93. The Labute approximate surface area is 221 Å². The summed E-state index contributed by atoms with van der Waals surface area (Å²) in [4.78, 5) is 45.8. The van der Waals surface area contributed by atoms with Crippen molar-refractivity contribution < 1.29 is 27.9 Å². The van der Waals surface area contributed by atoms with Crippen molar-refractivity contribution in [2.45, 2.75) is 9.79 Å². The van der Waals surface area contributed by atoms with Gasteiger partial charge in [-0.3, -0.25) is 29.8 Å². The first-order valence-electron chi connectivity index (χ1n) is 11.1. The Morgan fingerprint density at radius 3 is 1.28 bits per heavy atom. The van der Waals surface area contributed by atoms with Crippen molar-refractivity contribution in [3.05, 3.63) is 128 Å². The third-order valence-corrected chi connectivity index (χ3v) is 7.37.